The lowest BCUT2D eigenvalue weighted by molar-refractivity contribution is 0.0528. The zero-order chi connectivity index (χ0) is 18.4. The van der Waals surface area contributed by atoms with Crippen molar-refractivity contribution in [3.63, 3.8) is 0 Å². The highest BCUT2D eigenvalue weighted by Crippen LogP contribution is 2.35. The molecule has 1 heterocycles. The monoisotopic (exact) mass is 399 g/mol. The maximum absolute atomic E-state index is 12.2. The molecule has 0 amide bonds. The number of thiocarbonyl (C=S) groups is 1. The lowest BCUT2D eigenvalue weighted by Gasteiger charge is -2.10. The molecule has 2 aromatic rings. The summed E-state index contributed by atoms with van der Waals surface area (Å²) >= 11 is 6.36. The Balaban J connectivity index is 2.26. The standard InChI is InChI=1S/C15H17N3O4S3/c1-3-22-14(19)11-9-12(10-7-5-4-6-8-10)24-13(11)16-15(23)17-18-25(2,20)21/h4-9,18H,3H2,1-2H3,(H2,16,17,23). The number of hydrogen-bond donors (Lipinski definition) is 3. The first-order valence-corrected chi connectivity index (χ1v) is 10.3. The van der Waals surface area contributed by atoms with Gasteiger partial charge in [0, 0.05) is 4.88 Å². The fourth-order valence-electron chi connectivity index (χ4n) is 1.86. The fourth-order valence-corrected chi connectivity index (χ4v) is 3.49. The lowest BCUT2D eigenvalue weighted by atomic mass is 10.1. The Morgan fingerprint density at radius 3 is 2.56 bits per heavy atom. The van der Waals surface area contributed by atoms with Gasteiger partial charge in [0.05, 0.1) is 18.4 Å². The van der Waals surface area contributed by atoms with Crippen molar-refractivity contribution < 1.29 is 17.9 Å². The van der Waals surface area contributed by atoms with E-state index in [9.17, 15) is 13.2 Å². The van der Waals surface area contributed by atoms with Gasteiger partial charge in [-0.25, -0.2) is 13.2 Å². The highest BCUT2D eigenvalue weighted by Gasteiger charge is 2.19. The summed E-state index contributed by atoms with van der Waals surface area (Å²) in [6, 6.07) is 11.3. The molecule has 25 heavy (non-hydrogen) atoms. The second-order valence-corrected chi connectivity index (χ2v) is 8.10. The van der Waals surface area contributed by atoms with Crippen LogP contribution in [0.1, 0.15) is 17.3 Å². The van der Waals surface area contributed by atoms with Crippen LogP contribution in [-0.2, 0) is 14.8 Å². The van der Waals surface area contributed by atoms with Gasteiger partial charge in [0.15, 0.2) is 5.11 Å². The van der Waals surface area contributed by atoms with Gasteiger partial charge in [0.2, 0.25) is 10.0 Å². The zero-order valence-electron chi connectivity index (χ0n) is 13.5. The smallest absolute Gasteiger partial charge is 0.341 e. The third-order valence-corrected chi connectivity index (χ3v) is 4.64. The maximum atomic E-state index is 12.2. The number of carbonyl (C=O) groups is 1. The zero-order valence-corrected chi connectivity index (χ0v) is 16.0. The third-order valence-electron chi connectivity index (χ3n) is 2.86. The van der Waals surface area contributed by atoms with E-state index in [1.807, 2.05) is 30.3 Å². The summed E-state index contributed by atoms with van der Waals surface area (Å²) in [6.45, 7) is 1.96. The molecule has 0 spiro atoms. The van der Waals surface area contributed by atoms with E-state index in [4.69, 9.17) is 17.0 Å². The average Bonchev–Trinajstić information content (AvgIpc) is 2.97. The van der Waals surface area contributed by atoms with Crippen molar-refractivity contribution in [2.24, 2.45) is 0 Å². The van der Waals surface area contributed by atoms with Crippen molar-refractivity contribution in [3.05, 3.63) is 42.0 Å². The second kappa shape index (κ2) is 8.39. The molecule has 0 aliphatic heterocycles. The van der Waals surface area contributed by atoms with Gasteiger partial charge >= 0.3 is 5.97 Å². The van der Waals surface area contributed by atoms with Crippen LogP contribution in [0, 0.1) is 0 Å². The molecule has 134 valence electrons. The molecule has 3 N–H and O–H groups in total. The van der Waals surface area contributed by atoms with Crippen LogP contribution in [0.5, 0.6) is 0 Å². The number of sulfonamides is 1. The van der Waals surface area contributed by atoms with E-state index in [0.717, 1.165) is 16.7 Å². The summed E-state index contributed by atoms with van der Waals surface area (Å²) in [7, 11) is -3.46. The summed E-state index contributed by atoms with van der Waals surface area (Å²) in [4.78, 5) is 15.1. The number of hydrogen-bond acceptors (Lipinski definition) is 6. The molecule has 0 saturated heterocycles. The first-order valence-electron chi connectivity index (χ1n) is 7.20. The van der Waals surface area contributed by atoms with Crippen LogP contribution in [0.2, 0.25) is 0 Å². The number of carbonyl (C=O) groups excluding carboxylic acids is 1. The fraction of sp³-hybridized carbons (Fsp3) is 0.200. The molecule has 0 bridgehead atoms. The second-order valence-electron chi connectivity index (χ2n) is 4.89. The van der Waals surface area contributed by atoms with Gasteiger partial charge in [0.1, 0.15) is 5.00 Å². The van der Waals surface area contributed by atoms with Crippen molar-refractivity contribution in [3.8, 4) is 10.4 Å². The van der Waals surface area contributed by atoms with Gasteiger partial charge in [0.25, 0.3) is 0 Å². The first-order chi connectivity index (χ1) is 11.8. The van der Waals surface area contributed by atoms with E-state index in [2.05, 4.69) is 15.6 Å². The van der Waals surface area contributed by atoms with Crippen molar-refractivity contribution in [2.45, 2.75) is 6.92 Å². The summed E-state index contributed by atoms with van der Waals surface area (Å²) < 4.78 is 27.3. The quantitative estimate of drug-likeness (QED) is 0.390. The minimum Gasteiger partial charge on any atom is -0.462 e. The minimum absolute atomic E-state index is 0.0115. The lowest BCUT2D eigenvalue weighted by Crippen LogP contribution is -2.43. The Labute approximate surface area is 155 Å². The predicted molar refractivity (Wildman–Crippen MR) is 103 cm³/mol. The number of anilines is 1. The van der Waals surface area contributed by atoms with E-state index in [-0.39, 0.29) is 11.7 Å². The molecule has 2 rings (SSSR count). The SMILES string of the molecule is CCOC(=O)c1cc(-c2ccccc2)sc1NC(=S)NNS(C)(=O)=O. The Bertz CT molecular complexity index is 863. The largest absolute Gasteiger partial charge is 0.462 e. The molecule has 0 fully saturated rings. The number of rotatable bonds is 6. The molecule has 0 saturated carbocycles. The molecule has 1 aromatic carbocycles. The van der Waals surface area contributed by atoms with Crippen LogP contribution in [-0.4, -0.2) is 32.4 Å². The molecule has 0 unspecified atom stereocenters. The number of thiophene rings is 1. The molecule has 0 atom stereocenters. The van der Waals surface area contributed by atoms with Gasteiger partial charge in [-0.2, -0.15) is 0 Å². The van der Waals surface area contributed by atoms with E-state index in [1.54, 1.807) is 13.0 Å². The maximum Gasteiger partial charge on any atom is 0.341 e. The minimum atomic E-state index is -3.46. The molecule has 0 radical (unpaired) electrons. The molecular formula is C15H17N3O4S3. The number of nitrogens with one attached hydrogen (secondary N) is 3. The normalized spacial score (nSPS) is 11.0. The van der Waals surface area contributed by atoms with Crippen LogP contribution in [0.3, 0.4) is 0 Å². The molecule has 1 aromatic heterocycles. The molecule has 0 aliphatic carbocycles. The van der Waals surface area contributed by atoms with E-state index < -0.39 is 16.0 Å². The number of benzene rings is 1. The highest BCUT2D eigenvalue weighted by molar-refractivity contribution is 7.88. The summed E-state index contributed by atoms with van der Waals surface area (Å²) in [5.41, 5.74) is 3.63. The van der Waals surface area contributed by atoms with Gasteiger partial charge < -0.3 is 10.1 Å². The average molecular weight is 400 g/mol. The van der Waals surface area contributed by atoms with Gasteiger partial charge in [-0.1, -0.05) is 30.3 Å². The van der Waals surface area contributed by atoms with E-state index >= 15 is 0 Å². The van der Waals surface area contributed by atoms with Gasteiger partial charge in [-0.15, -0.1) is 16.2 Å². The van der Waals surface area contributed by atoms with Crippen molar-refractivity contribution in [1.29, 1.82) is 0 Å². The summed E-state index contributed by atoms with van der Waals surface area (Å²) in [5.74, 6) is -0.484. The Hall–Kier alpha value is -2.01. The molecule has 10 heteroatoms. The Morgan fingerprint density at radius 1 is 1.28 bits per heavy atom. The van der Waals surface area contributed by atoms with Crippen LogP contribution in [0.15, 0.2) is 36.4 Å². The van der Waals surface area contributed by atoms with Crippen LogP contribution in [0.25, 0.3) is 10.4 Å². The van der Waals surface area contributed by atoms with Crippen LogP contribution < -0.4 is 15.6 Å². The summed E-state index contributed by atoms with van der Waals surface area (Å²) in [6.07, 6.45) is 0.991. The summed E-state index contributed by atoms with van der Waals surface area (Å²) in [5, 5.41) is 3.30. The first kappa shape index (κ1) is 19.3. The molecular weight excluding hydrogens is 382 g/mol. The Morgan fingerprint density at radius 2 is 1.96 bits per heavy atom. The van der Waals surface area contributed by atoms with Gasteiger partial charge in [-0.05, 0) is 30.8 Å². The molecule has 7 nitrogen and oxygen atoms in total. The van der Waals surface area contributed by atoms with Crippen molar-refractivity contribution >= 4 is 49.7 Å². The third kappa shape index (κ3) is 5.78. The number of hydrazine groups is 1. The van der Waals surface area contributed by atoms with E-state index in [1.165, 1.54) is 11.3 Å². The predicted octanol–water partition coefficient (Wildman–Crippen LogP) is 2.34. The van der Waals surface area contributed by atoms with Crippen LogP contribution in [0.4, 0.5) is 5.00 Å². The Kier molecular flexibility index (Phi) is 6.48. The van der Waals surface area contributed by atoms with Crippen LogP contribution >= 0.6 is 23.6 Å². The van der Waals surface area contributed by atoms with Crippen molar-refractivity contribution in [2.75, 3.05) is 18.2 Å². The number of esters is 1. The number of ether oxygens (including phenoxy) is 1. The molecule has 0 aliphatic rings. The van der Waals surface area contributed by atoms with Crippen molar-refractivity contribution in [1.82, 2.24) is 10.3 Å². The topological polar surface area (TPSA) is 96.5 Å². The van der Waals surface area contributed by atoms with E-state index in [0.29, 0.717) is 10.6 Å². The van der Waals surface area contributed by atoms with Gasteiger partial charge in [-0.3, -0.25) is 5.43 Å². The highest BCUT2D eigenvalue weighted by atomic mass is 32.2.